The molecule has 1 aromatic carbocycles. The Morgan fingerprint density at radius 1 is 1.28 bits per heavy atom. The fourth-order valence-corrected chi connectivity index (χ4v) is 1.96. The Balaban J connectivity index is 0.00000162. The molecule has 0 spiro atoms. The zero-order chi connectivity index (χ0) is 12.4. The number of halogens is 2. The predicted molar refractivity (Wildman–Crippen MR) is 74.2 cm³/mol. The molecule has 0 aliphatic heterocycles. The van der Waals surface area contributed by atoms with E-state index in [0.29, 0.717) is 17.3 Å². The van der Waals surface area contributed by atoms with Crippen LogP contribution in [0.3, 0.4) is 0 Å². The number of aryl methyl sites for hydroxylation is 2. The van der Waals surface area contributed by atoms with Gasteiger partial charge < -0.3 is 4.57 Å². The van der Waals surface area contributed by atoms with Gasteiger partial charge in [0.1, 0.15) is 11.0 Å². The van der Waals surface area contributed by atoms with Crippen LogP contribution >= 0.6 is 24.0 Å². The number of nitrogens with zero attached hydrogens (tertiary/aromatic N) is 3. The van der Waals surface area contributed by atoms with Crippen LogP contribution in [0.2, 0.25) is 5.15 Å². The monoisotopic (exact) mass is 281 g/mol. The Kier molecular flexibility index (Phi) is 4.77. The zero-order valence-electron chi connectivity index (χ0n) is 10.1. The number of benzene rings is 1. The molecular formula is C13H13Cl2N3. The molecular weight excluding hydrogens is 269 g/mol. The molecule has 5 heteroatoms. The maximum Gasteiger partial charge on any atom is 0.132 e. The lowest BCUT2D eigenvalue weighted by Gasteiger charge is -2.06. The van der Waals surface area contributed by atoms with Crippen LogP contribution in [0.25, 0.3) is 0 Å². The minimum absolute atomic E-state index is 0. The number of hydrogen-bond donors (Lipinski definition) is 0. The van der Waals surface area contributed by atoms with Crippen molar-refractivity contribution in [2.45, 2.75) is 20.4 Å². The van der Waals surface area contributed by atoms with E-state index in [2.05, 4.69) is 11.1 Å². The van der Waals surface area contributed by atoms with Gasteiger partial charge >= 0.3 is 0 Å². The second kappa shape index (κ2) is 5.90. The van der Waals surface area contributed by atoms with Gasteiger partial charge in [0.2, 0.25) is 0 Å². The average Bonchev–Trinajstić information content (AvgIpc) is 2.57. The highest BCUT2D eigenvalue weighted by Crippen LogP contribution is 2.18. The fraction of sp³-hybridized carbons (Fsp3) is 0.231. The molecule has 0 fully saturated rings. The van der Waals surface area contributed by atoms with E-state index in [1.54, 1.807) is 0 Å². The van der Waals surface area contributed by atoms with Gasteiger partial charge in [-0.1, -0.05) is 23.7 Å². The molecule has 2 aromatic rings. The molecule has 0 radical (unpaired) electrons. The third kappa shape index (κ3) is 2.84. The van der Waals surface area contributed by atoms with Gasteiger partial charge in [0.15, 0.2) is 0 Å². The first-order chi connectivity index (χ1) is 8.11. The summed E-state index contributed by atoms with van der Waals surface area (Å²) in [6, 6.07) is 9.58. The van der Waals surface area contributed by atoms with Crippen LogP contribution in [0.5, 0.6) is 0 Å². The van der Waals surface area contributed by atoms with Crippen molar-refractivity contribution in [3.05, 3.63) is 52.1 Å². The largest absolute Gasteiger partial charge is 0.315 e. The lowest BCUT2D eigenvalue weighted by molar-refractivity contribution is 0.762. The molecule has 94 valence electrons. The predicted octanol–water partition coefficient (Wildman–Crippen LogP) is 3.50. The first-order valence-corrected chi connectivity index (χ1v) is 5.68. The summed E-state index contributed by atoms with van der Waals surface area (Å²) in [7, 11) is 0. The molecule has 2 rings (SSSR count). The highest BCUT2D eigenvalue weighted by molar-refractivity contribution is 6.30. The molecule has 0 amide bonds. The smallest absolute Gasteiger partial charge is 0.132 e. The van der Waals surface area contributed by atoms with Crippen LogP contribution in [-0.2, 0) is 6.54 Å². The molecule has 18 heavy (non-hydrogen) atoms. The van der Waals surface area contributed by atoms with Crippen LogP contribution in [0.15, 0.2) is 24.3 Å². The molecule has 3 nitrogen and oxygen atoms in total. The molecule has 0 N–H and O–H groups in total. The second-order valence-electron chi connectivity index (χ2n) is 3.93. The van der Waals surface area contributed by atoms with E-state index in [9.17, 15) is 0 Å². The van der Waals surface area contributed by atoms with Crippen molar-refractivity contribution in [2.24, 2.45) is 0 Å². The number of nitriles is 1. The summed E-state index contributed by atoms with van der Waals surface area (Å²) >= 11 is 6.17. The van der Waals surface area contributed by atoms with Crippen molar-refractivity contribution in [3.63, 3.8) is 0 Å². The molecule has 0 saturated carbocycles. The van der Waals surface area contributed by atoms with Crippen molar-refractivity contribution in [2.75, 3.05) is 0 Å². The average molecular weight is 282 g/mol. The summed E-state index contributed by atoms with van der Waals surface area (Å²) in [4.78, 5) is 4.32. The number of hydrogen-bond acceptors (Lipinski definition) is 2. The lowest BCUT2D eigenvalue weighted by atomic mass is 10.1. The van der Waals surface area contributed by atoms with Crippen molar-refractivity contribution >= 4 is 24.0 Å². The quantitative estimate of drug-likeness (QED) is 0.846. The highest BCUT2D eigenvalue weighted by atomic mass is 35.5. The zero-order valence-corrected chi connectivity index (χ0v) is 11.7. The number of rotatable bonds is 2. The maximum absolute atomic E-state index is 8.72. The minimum atomic E-state index is 0. The van der Waals surface area contributed by atoms with E-state index >= 15 is 0 Å². The highest BCUT2D eigenvalue weighted by Gasteiger charge is 2.09. The summed E-state index contributed by atoms with van der Waals surface area (Å²) in [6.07, 6.45) is 0. The van der Waals surface area contributed by atoms with Crippen LogP contribution in [-0.4, -0.2) is 9.55 Å². The third-order valence-corrected chi connectivity index (χ3v) is 3.16. The second-order valence-corrected chi connectivity index (χ2v) is 4.29. The molecule has 1 aromatic heterocycles. The summed E-state index contributed by atoms with van der Waals surface area (Å²) in [6.45, 7) is 4.50. The summed E-state index contributed by atoms with van der Waals surface area (Å²) in [5.41, 5.74) is 2.61. The molecule has 0 bridgehead atoms. The summed E-state index contributed by atoms with van der Waals surface area (Å²) in [5.74, 6) is 0.900. The Bertz CT molecular complexity index is 580. The molecule has 0 saturated heterocycles. The summed E-state index contributed by atoms with van der Waals surface area (Å²) in [5, 5.41) is 9.40. The van der Waals surface area contributed by atoms with E-state index < -0.39 is 0 Å². The first-order valence-electron chi connectivity index (χ1n) is 5.30. The Labute approximate surface area is 117 Å². The molecule has 1 heterocycles. The van der Waals surface area contributed by atoms with Crippen molar-refractivity contribution < 1.29 is 0 Å². The Hall–Kier alpha value is -1.50. The molecule has 0 aliphatic rings. The first kappa shape index (κ1) is 14.6. The van der Waals surface area contributed by atoms with Gasteiger partial charge in [-0.3, -0.25) is 0 Å². The van der Waals surface area contributed by atoms with E-state index in [1.165, 1.54) is 0 Å². The Morgan fingerprint density at radius 2 is 1.89 bits per heavy atom. The van der Waals surface area contributed by atoms with Crippen LogP contribution in [0, 0.1) is 25.2 Å². The summed E-state index contributed by atoms with van der Waals surface area (Å²) < 4.78 is 1.96. The topological polar surface area (TPSA) is 41.6 Å². The number of aromatic nitrogens is 2. The molecule has 0 unspecified atom stereocenters. The minimum Gasteiger partial charge on any atom is -0.315 e. The lowest BCUT2D eigenvalue weighted by Crippen LogP contribution is -2.02. The standard InChI is InChI=1S/C13H12ClN3.ClH/c1-9-13(14)17(10(2)16-9)8-12-5-3-11(7-15)4-6-12;/h3-6H,8H2,1-2H3;1H. The number of imidazole rings is 1. The normalized spacial score (nSPS) is 9.67. The van der Waals surface area contributed by atoms with E-state index in [-0.39, 0.29) is 12.4 Å². The van der Waals surface area contributed by atoms with Crippen LogP contribution < -0.4 is 0 Å². The maximum atomic E-state index is 8.72. The van der Waals surface area contributed by atoms with E-state index in [4.69, 9.17) is 16.9 Å². The Morgan fingerprint density at radius 3 is 2.33 bits per heavy atom. The van der Waals surface area contributed by atoms with E-state index in [0.717, 1.165) is 17.1 Å². The SMILES string of the molecule is Cc1nc(C)n(Cc2ccc(C#N)cc2)c1Cl.Cl. The van der Waals surface area contributed by atoms with Crippen molar-refractivity contribution in [1.82, 2.24) is 9.55 Å². The van der Waals surface area contributed by atoms with Crippen molar-refractivity contribution in [3.8, 4) is 6.07 Å². The van der Waals surface area contributed by atoms with Gasteiger partial charge in [-0.25, -0.2) is 4.98 Å². The van der Waals surface area contributed by atoms with Gasteiger partial charge in [-0.2, -0.15) is 5.26 Å². The molecule has 0 atom stereocenters. The van der Waals surface area contributed by atoms with Gasteiger partial charge in [0.25, 0.3) is 0 Å². The van der Waals surface area contributed by atoms with Gasteiger partial charge in [-0.15, -0.1) is 12.4 Å². The van der Waals surface area contributed by atoms with Crippen LogP contribution in [0.1, 0.15) is 22.6 Å². The van der Waals surface area contributed by atoms with E-state index in [1.807, 2.05) is 42.7 Å². The van der Waals surface area contributed by atoms with Crippen molar-refractivity contribution in [1.29, 1.82) is 5.26 Å². The van der Waals surface area contributed by atoms with Gasteiger partial charge in [-0.05, 0) is 31.5 Å². The molecule has 0 aliphatic carbocycles. The van der Waals surface area contributed by atoms with Gasteiger partial charge in [0.05, 0.1) is 23.9 Å². The van der Waals surface area contributed by atoms with Crippen LogP contribution in [0.4, 0.5) is 0 Å². The third-order valence-electron chi connectivity index (χ3n) is 2.68. The fourth-order valence-electron chi connectivity index (χ4n) is 1.74. The van der Waals surface area contributed by atoms with Gasteiger partial charge in [0, 0.05) is 0 Å².